The van der Waals surface area contributed by atoms with Gasteiger partial charge in [-0.25, -0.2) is 9.38 Å². The van der Waals surface area contributed by atoms with E-state index in [1.807, 2.05) is 35.0 Å². The molecule has 3 aliphatic rings. The molecule has 1 aromatic carbocycles. The van der Waals surface area contributed by atoms with Crippen LogP contribution in [0.4, 0.5) is 10.1 Å². The lowest BCUT2D eigenvalue weighted by Gasteiger charge is -2.38. The van der Waals surface area contributed by atoms with Crippen LogP contribution in [0.2, 0.25) is 0 Å². The van der Waals surface area contributed by atoms with E-state index in [0.29, 0.717) is 6.67 Å². The summed E-state index contributed by atoms with van der Waals surface area (Å²) < 4.78 is 14.6. The number of hydrogen-bond donors (Lipinski definition) is 1. The Morgan fingerprint density at radius 3 is 2.79 bits per heavy atom. The lowest BCUT2D eigenvalue weighted by atomic mass is 10.1. The monoisotopic (exact) mass is 389 g/mol. The zero-order valence-electron chi connectivity index (χ0n) is 16.0. The van der Waals surface area contributed by atoms with Crippen molar-refractivity contribution in [3.63, 3.8) is 0 Å². The van der Waals surface area contributed by atoms with Gasteiger partial charge in [-0.2, -0.15) is 0 Å². The van der Waals surface area contributed by atoms with Crippen molar-refractivity contribution in [3.8, 4) is 0 Å². The van der Waals surface area contributed by atoms with Crippen molar-refractivity contribution < 1.29 is 9.31 Å². The minimum atomic E-state index is -0.570. The van der Waals surface area contributed by atoms with Gasteiger partial charge < -0.3 is 20.0 Å². The van der Waals surface area contributed by atoms with Crippen molar-refractivity contribution in [1.82, 2.24) is 24.9 Å². The van der Waals surface area contributed by atoms with E-state index in [0.717, 1.165) is 37.7 Å². The SMILES string of the molecule is CN1C=C2C(=NC(N3CCNCC3)N2Cc2c(F)cccc2[N+](=O)[O-])N(C)C1. The predicted octanol–water partition coefficient (Wildman–Crippen LogP) is 0.813. The van der Waals surface area contributed by atoms with E-state index >= 15 is 0 Å². The Morgan fingerprint density at radius 1 is 1.32 bits per heavy atom. The predicted molar refractivity (Wildman–Crippen MR) is 103 cm³/mol. The molecular formula is C18H24FN7O2. The second-order valence-electron chi connectivity index (χ2n) is 7.32. The second-order valence-corrected chi connectivity index (χ2v) is 7.32. The Balaban J connectivity index is 1.73. The molecule has 0 spiro atoms. The smallest absolute Gasteiger partial charge is 0.277 e. The van der Waals surface area contributed by atoms with Crippen LogP contribution < -0.4 is 5.32 Å². The molecule has 1 atom stereocenters. The lowest BCUT2D eigenvalue weighted by Crippen LogP contribution is -2.52. The Kier molecular flexibility index (Phi) is 4.90. The molecule has 150 valence electrons. The summed E-state index contributed by atoms with van der Waals surface area (Å²) in [5, 5.41) is 14.8. The van der Waals surface area contributed by atoms with Crippen LogP contribution >= 0.6 is 0 Å². The lowest BCUT2D eigenvalue weighted by molar-refractivity contribution is -0.386. The van der Waals surface area contributed by atoms with E-state index in [1.54, 1.807) is 0 Å². The third-order valence-electron chi connectivity index (χ3n) is 5.29. The molecule has 1 saturated heterocycles. The molecule has 0 bridgehead atoms. The minimum absolute atomic E-state index is 0.0814. The number of piperazine rings is 1. The highest BCUT2D eigenvalue weighted by Gasteiger charge is 2.40. The van der Waals surface area contributed by atoms with Crippen molar-refractivity contribution in [3.05, 3.63) is 51.6 Å². The summed E-state index contributed by atoms with van der Waals surface area (Å²) in [6, 6.07) is 4.00. The van der Waals surface area contributed by atoms with Gasteiger partial charge in [-0.3, -0.25) is 15.0 Å². The van der Waals surface area contributed by atoms with Gasteiger partial charge in [0, 0.05) is 52.5 Å². The third-order valence-corrected chi connectivity index (χ3v) is 5.29. The van der Waals surface area contributed by atoms with E-state index in [-0.39, 0.29) is 24.1 Å². The maximum atomic E-state index is 14.6. The molecule has 1 N–H and O–H groups in total. The van der Waals surface area contributed by atoms with E-state index in [1.165, 1.54) is 18.2 Å². The topological polar surface area (TPSA) is 80.5 Å². The zero-order chi connectivity index (χ0) is 19.8. The van der Waals surface area contributed by atoms with E-state index in [4.69, 9.17) is 4.99 Å². The number of halogens is 1. The number of nitro groups is 1. The molecule has 0 aliphatic carbocycles. The molecule has 0 saturated carbocycles. The summed E-state index contributed by atoms with van der Waals surface area (Å²) in [7, 11) is 3.92. The molecule has 3 aliphatic heterocycles. The summed E-state index contributed by atoms with van der Waals surface area (Å²) in [5.74, 6) is 0.264. The molecule has 0 amide bonds. The van der Waals surface area contributed by atoms with Gasteiger partial charge >= 0.3 is 0 Å². The molecule has 4 rings (SSSR count). The van der Waals surface area contributed by atoms with Crippen molar-refractivity contribution in [2.45, 2.75) is 12.8 Å². The Morgan fingerprint density at radius 2 is 2.07 bits per heavy atom. The number of aliphatic imine (C=N–C) groups is 1. The zero-order valence-corrected chi connectivity index (χ0v) is 16.0. The summed E-state index contributed by atoms with van der Waals surface area (Å²) in [6.45, 7) is 4.10. The number of hydrogen-bond acceptors (Lipinski definition) is 8. The van der Waals surface area contributed by atoms with Crippen LogP contribution in [0.25, 0.3) is 0 Å². The average Bonchev–Trinajstić information content (AvgIpc) is 3.02. The number of fused-ring (bicyclic) bond motifs is 1. The highest BCUT2D eigenvalue weighted by atomic mass is 19.1. The summed E-state index contributed by atoms with van der Waals surface area (Å²) >= 11 is 0. The van der Waals surface area contributed by atoms with Crippen LogP contribution in [0, 0.1) is 15.9 Å². The first kappa shape index (κ1) is 18.6. The number of nitrogens with one attached hydrogen (secondary N) is 1. The highest BCUT2D eigenvalue weighted by Crippen LogP contribution is 2.32. The van der Waals surface area contributed by atoms with Crippen LogP contribution in [0.15, 0.2) is 35.1 Å². The van der Waals surface area contributed by atoms with Crippen LogP contribution in [0.5, 0.6) is 0 Å². The number of rotatable bonds is 4. The summed E-state index contributed by atoms with van der Waals surface area (Å²) in [6.07, 6.45) is 1.67. The van der Waals surface area contributed by atoms with E-state index in [2.05, 4.69) is 10.2 Å². The third kappa shape index (κ3) is 3.29. The number of nitro benzene ring substituents is 1. The normalized spacial score (nSPS) is 22.8. The standard InChI is InChI=1S/C18H24FN7O2/c1-22-11-16-17(23(2)12-22)21-18(24-8-6-20-7-9-24)25(16)10-13-14(19)4-3-5-15(13)26(27)28/h3-5,11,18,20H,6-10,12H2,1-2H3. The van der Waals surface area contributed by atoms with Gasteiger partial charge in [0.1, 0.15) is 5.82 Å². The van der Waals surface area contributed by atoms with Gasteiger partial charge in [-0.05, 0) is 6.07 Å². The van der Waals surface area contributed by atoms with Gasteiger partial charge in [0.25, 0.3) is 5.69 Å². The Labute approximate surface area is 162 Å². The van der Waals surface area contributed by atoms with Gasteiger partial charge in [-0.1, -0.05) is 6.07 Å². The number of likely N-dealkylation sites (N-methyl/N-ethyl adjacent to an activating group) is 1. The van der Waals surface area contributed by atoms with E-state index < -0.39 is 10.7 Å². The Hall–Kier alpha value is -2.72. The van der Waals surface area contributed by atoms with Crippen LogP contribution in [-0.2, 0) is 6.54 Å². The van der Waals surface area contributed by atoms with Gasteiger partial charge in [0.15, 0.2) is 12.1 Å². The minimum Gasteiger partial charge on any atom is -0.361 e. The van der Waals surface area contributed by atoms with Gasteiger partial charge in [-0.15, -0.1) is 0 Å². The maximum Gasteiger partial charge on any atom is 0.277 e. The maximum absolute atomic E-state index is 14.6. The van der Waals surface area contributed by atoms with Crippen molar-refractivity contribution in [2.24, 2.45) is 4.99 Å². The van der Waals surface area contributed by atoms with Crippen LogP contribution in [-0.4, -0.2) is 83.6 Å². The number of nitrogens with zero attached hydrogens (tertiary/aromatic N) is 6. The fourth-order valence-electron chi connectivity index (χ4n) is 3.98. The molecule has 10 heteroatoms. The molecule has 1 aromatic rings. The molecule has 0 aromatic heterocycles. The van der Waals surface area contributed by atoms with Gasteiger partial charge in [0.05, 0.1) is 29.4 Å². The fourth-order valence-corrected chi connectivity index (χ4v) is 3.98. The first-order chi connectivity index (χ1) is 13.5. The molecule has 0 radical (unpaired) electrons. The molecule has 3 heterocycles. The second kappa shape index (κ2) is 7.36. The van der Waals surface area contributed by atoms with Crippen molar-refractivity contribution in [1.29, 1.82) is 0 Å². The van der Waals surface area contributed by atoms with Crippen LogP contribution in [0.3, 0.4) is 0 Å². The molecule has 28 heavy (non-hydrogen) atoms. The average molecular weight is 389 g/mol. The molecule has 1 fully saturated rings. The molecule has 1 unspecified atom stereocenters. The van der Waals surface area contributed by atoms with E-state index in [9.17, 15) is 14.5 Å². The summed E-state index contributed by atoms with van der Waals surface area (Å²) in [4.78, 5) is 24.1. The quantitative estimate of drug-likeness (QED) is 0.603. The van der Waals surface area contributed by atoms with Crippen LogP contribution in [0.1, 0.15) is 5.56 Å². The first-order valence-electron chi connectivity index (χ1n) is 9.30. The largest absolute Gasteiger partial charge is 0.361 e. The van der Waals surface area contributed by atoms with Crippen molar-refractivity contribution >= 4 is 11.5 Å². The number of benzene rings is 1. The Bertz CT molecular complexity index is 837. The number of amidine groups is 1. The van der Waals surface area contributed by atoms with Crippen molar-refractivity contribution in [2.75, 3.05) is 46.9 Å². The highest BCUT2D eigenvalue weighted by molar-refractivity contribution is 5.99. The molecule has 9 nitrogen and oxygen atoms in total. The fraction of sp³-hybridized carbons (Fsp3) is 0.500. The molecular weight excluding hydrogens is 365 g/mol. The summed E-state index contributed by atoms with van der Waals surface area (Å²) in [5.41, 5.74) is 0.740. The van der Waals surface area contributed by atoms with Gasteiger partial charge in [0.2, 0.25) is 0 Å². The first-order valence-corrected chi connectivity index (χ1v) is 9.30.